The summed E-state index contributed by atoms with van der Waals surface area (Å²) in [7, 11) is 0. The van der Waals surface area contributed by atoms with Crippen molar-refractivity contribution in [3.63, 3.8) is 0 Å². The standard InChI is InChI=1S/C17H14OSe/c1-13-7-9-14(10-8-13)11-12-16(18)15-5-3-4-6-17(15)19-2/h3-10H,1-2H3. The average molecular weight is 313 g/mol. The Morgan fingerprint density at radius 2 is 1.74 bits per heavy atom. The summed E-state index contributed by atoms with van der Waals surface area (Å²) in [4.78, 5) is 12.1. The van der Waals surface area contributed by atoms with Crippen molar-refractivity contribution in [1.82, 2.24) is 0 Å². The number of aryl methyl sites for hydroxylation is 1. The molecule has 0 atom stereocenters. The number of carbonyl (C=O) groups excluding carboxylic acids is 1. The third kappa shape index (κ3) is 3.58. The first-order valence-corrected chi connectivity index (χ1v) is 8.53. The van der Waals surface area contributed by atoms with Gasteiger partial charge in [0.05, 0.1) is 0 Å². The Hall–Kier alpha value is -1.81. The van der Waals surface area contributed by atoms with Gasteiger partial charge in [-0.15, -0.1) is 0 Å². The van der Waals surface area contributed by atoms with E-state index in [0.29, 0.717) is 15.0 Å². The number of hydrogen-bond donors (Lipinski definition) is 0. The maximum absolute atomic E-state index is 12.1. The molecule has 1 nitrogen and oxygen atoms in total. The van der Waals surface area contributed by atoms with Crippen LogP contribution in [0.15, 0.2) is 48.5 Å². The topological polar surface area (TPSA) is 17.1 Å². The molecule has 0 aliphatic rings. The number of carbonyl (C=O) groups is 1. The molecule has 0 unspecified atom stereocenters. The van der Waals surface area contributed by atoms with Crippen molar-refractivity contribution in [1.29, 1.82) is 0 Å². The summed E-state index contributed by atoms with van der Waals surface area (Å²) in [6.45, 7) is 2.03. The fourth-order valence-corrected chi connectivity index (χ4v) is 2.91. The van der Waals surface area contributed by atoms with Gasteiger partial charge < -0.3 is 0 Å². The predicted molar refractivity (Wildman–Crippen MR) is 80.1 cm³/mol. The van der Waals surface area contributed by atoms with Crippen LogP contribution in [0.25, 0.3) is 0 Å². The SMILES string of the molecule is C[Se]c1ccccc1C(=O)C#Cc1ccc(C)cc1. The van der Waals surface area contributed by atoms with Gasteiger partial charge in [-0.25, -0.2) is 0 Å². The van der Waals surface area contributed by atoms with Crippen LogP contribution in [-0.2, 0) is 0 Å². The van der Waals surface area contributed by atoms with Crippen LogP contribution >= 0.6 is 0 Å². The fraction of sp³-hybridized carbons (Fsp3) is 0.118. The summed E-state index contributed by atoms with van der Waals surface area (Å²) < 4.78 is 1.11. The Bertz CT molecular complexity index is 645. The minimum atomic E-state index is -0.0973. The van der Waals surface area contributed by atoms with E-state index in [9.17, 15) is 4.79 Å². The fourth-order valence-electron chi connectivity index (χ4n) is 1.67. The molecule has 2 heteroatoms. The van der Waals surface area contributed by atoms with E-state index in [1.165, 1.54) is 5.56 Å². The van der Waals surface area contributed by atoms with Gasteiger partial charge in [-0.2, -0.15) is 0 Å². The van der Waals surface area contributed by atoms with Crippen molar-refractivity contribution in [3.05, 3.63) is 65.2 Å². The number of rotatable bonds is 2. The second kappa shape index (κ2) is 6.38. The molecule has 0 N–H and O–H groups in total. The molecular weight excluding hydrogens is 299 g/mol. The van der Waals surface area contributed by atoms with Crippen LogP contribution in [0, 0.1) is 18.8 Å². The molecule has 19 heavy (non-hydrogen) atoms. The molecule has 0 radical (unpaired) electrons. The molecule has 94 valence electrons. The minimum absolute atomic E-state index is 0.0973. The first kappa shape index (κ1) is 13.6. The molecular formula is C17H14OSe. The molecule has 0 bridgehead atoms. The molecule has 0 saturated heterocycles. The van der Waals surface area contributed by atoms with Gasteiger partial charge in [0.25, 0.3) is 0 Å². The second-order valence-corrected chi connectivity index (χ2v) is 5.92. The first-order chi connectivity index (χ1) is 9.20. The van der Waals surface area contributed by atoms with E-state index in [0.717, 1.165) is 15.6 Å². The van der Waals surface area contributed by atoms with Crippen molar-refractivity contribution in [3.8, 4) is 11.8 Å². The first-order valence-electron chi connectivity index (χ1n) is 5.97. The summed E-state index contributed by atoms with van der Waals surface area (Å²) in [5.74, 6) is 7.67. The maximum atomic E-state index is 12.1. The van der Waals surface area contributed by atoms with Gasteiger partial charge in [0, 0.05) is 0 Å². The van der Waals surface area contributed by atoms with Crippen LogP contribution in [0.3, 0.4) is 0 Å². The van der Waals surface area contributed by atoms with Crippen molar-refractivity contribution in [2.24, 2.45) is 0 Å². The molecule has 2 rings (SSSR count). The molecule has 0 aliphatic carbocycles. The third-order valence-electron chi connectivity index (χ3n) is 2.72. The second-order valence-electron chi connectivity index (χ2n) is 4.15. The van der Waals surface area contributed by atoms with Gasteiger partial charge in [-0.3, -0.25) is 0 Å². The van der Waals surface area contributed by atoms with Gasteiger partial charge in [0.2, 0.25) is 0 Å². The summed E-state index contributed by atoms with van der Waals surface area (Å²) in [5.41, 5.74) is 2.80. The Labute approximate surface area is 120 Å². The summed E-state index contributed by atoms with van der Waals surface area (Å²) in [6.07, 6.45) is 0. The zero-order valence-electron chi connectivity index (χ0n) is 10.9. The molecule has 0 fully saturated rings. The monoisotopic (exact) mass is 314 g/mol. The molecule has 0 aromatic heterocycles. The van der Waals surface area contributed by atoms with Gasteiger partial charge in [0.15, 0.2) is 0 Å². The molecule has 0 heterocycles. The van der Waals surface area contributed by atoms with E-state index in [1.54, 1.807) is 0 Å². The summed E-state index contributed by atoms with van der Waals surface area (Å²) in [5, 5.41) is 0. The Morgan fingerprint density at radius 3 is 2.42 bits per heavy atom. The normalized spacial score (nSPS) is 9.58. The molecule has 0 aliphatic heterocycles. The Balaban J connectivity index is 2.24. The van der Waals surface area contributed by atoms with E-state index >= 15 is 0 Å². The number of benzene rings is 2. The van der Waals surface area contributed by atoms with Crippen LogP contribution in [0.1, 0.15) is 21.5 Å². The molecule has 0 saturated carbocycles. The average Bonchev–Trinajstić information content (AvgIpc) is 2.46. The van der Waals surface area contributed by atoms with Crippen LogP contribution in [-0.4, -0.2) is 20.7 Å². The van der Waals surface area contributed by atoms with E-state index in [1.807, 2.05) is 55.5 Å². The van der Waals surface area contributed by atoms with Gasteiger partial charge in [-0.1, -0.05) is 0 Å². The number of Topliss-reactive ketones (excluding diaryl/α,β-unsaturated/α-hetero) is 1. The number of ketones is 1. The molecule has 0 spiro atoms. The quantitative estimate of drug-likeness (QED) is 0.473. The Kier molecular flexibility index (Phi) is 4.58. The van der Waals surface area contributed by atoms with Gasteiger partial charge in [-0.05, 0) is 0 Å². The number of hydrogen-bond acceptors (Lipinski definition) is 1. The van der Waals surface area contributed by atoms with Gasteiger partial charge >= 0.3 is 120 Å². The zero-order chi connectivity index (χ0) is 13.7. The van der Waals surface area contributed by atoms with Gasteiger partial charge in [0.1, 0.15) is 0 Å². The summed E-state index contributed by atoms with van der Waals surface area (Å²) >= 11 is 0.303. The molecule has 2 aromatic rings. The van der Waals surface area contributed by atoms with Crippen molar-refractivity contribution in [2.75, 3.05) is 0 Å². The van der Waals surface area contributed by atoms with E-state index < -0.39 is 0 Å². The molecule has 2 aromatic carbocycles. The Morgan fingerprint density at radius 1 is 1.05 bits per heavy atom. The third-order valence-corrected chi connectivity index (χ3v) is 4.39. The van der Waals surface area contributed by atoms with E-state index in [2.05, 4.69) is 17.7 Å². The van der Waals surface area contributed by atoms with Crippen molar-refractivity contribution < 1.29 is 4.79 Å². The van der Waals surface area contributed by atoms with E-state index in [4.69, 9.17) is 0 Å². The van der Waals surface area contributed by atoms with E-state index in [-0.39, 0.29) is 5.78 Å². The zero-order valence-corrected chi connectivity index (χ0v) is 12.6. The molecule has 0 amide bonds. The van der Waals surface area contributed by atoms with Crippen LogP contribution in [0.5, 0.6) is 0 Å². The van der Waals surface area contributed by atoms with Crippen LogP contribution in [0.4, 0.5) is 0 Å². The van der Waals surface area contributed by atoms with Crippen molar-refractivity contribution >= 4 is 25.2 Å². The predicted octanol–water partition coefficient (Wildman–Crippen LogP) is 2.61. The van der Waals surface area contributed by atoms with Crippen LogP contribution in [0.2, 0.25) is 5.82 Å². The van der Waals surface area contributed by atoms with Crippen molar-refractivity contribution in [2.45, 2.75) is 12.7 Å². The summed E-state index contributed by atoms with van der Waals surface area (Å²) in [6, 6.07) is 15.6. The van der Waals surface area contributed by atoms with Crippen LogP contribution < -0.4 is 4.46 Å².